The highest BCUT2D eigenvalue weighted by Gasteiger charge is 2.42. The molecule has 2 aliphatic heterocycles. The van der Waals surface area contributed by atoms with Crippen LogP contribution in [0.1, 0.15) is 33.2 Å². The van der Waals surface area contributed by atoms with Gasteiger partial charge in [0, 0.05) is 17.8 Å². The first-order chi connectivity index (χ1) is 14.8. The number of carbonyl (C=O) groups excluding carboxylic acids is 4. The Bertz CT molecular complexity index is 1140. The van der Waals surface area contributed by atoms with Crippen LogP contribution < -0.4 is 4.90 Å². The molecule has 0 bridgehead atoms. The lowest BCUT2D eigenvalue weighted by atomic mass is 10.1. The maximum atomic E-state index is 12.6. The molecule has 0 aliphatic carbocycles. The smallest absolute Gasteiger partial charge is 0.326 e. The fourth-order valence-corrected chi connectivity index (χ4v) is 3.94. The van der Waals surface area contributed by atoms with Crippen molar-refractivity contribution in [3.63, 3.8) is 0 Å². The van der Waals surface area contributed by atoms with Crippen LogP contribution in [-0.4, -0.2) is 52.7 Å². The number of fused-ring (bicyclic) bond motifs is 2. The van der Waals surface area contributed by atoms with Crippen molar-refractivity contribution in [1.82, 2.24) is 4.90 Å². The van der Waals surface area contributed by atoms with Gasteiger partial charge in [0.05, 0.1) is 10.5 Å². The molecule has 0 fully saturated rings. The number of ether oxygens (including phenoxy) is 1. The fourth-order valence-electron chi connectivity index (χ4n) is 3.94. The summed E-state index contributed by atoms with van der Waals surface area (Å²) in [6, 6.07) is 11.0. The van der Waals surface area contributed by atoms with Crippen molar-refractivity contribution < 1.29 is 28.8 Å². The molecule has 1 atom stereocenters. The molecule has 10 heteroatoms. The van der Waals surface area contributed by atoms with E-state index in [1.807, 2.05) is 31.2 Å². The number of hydrogen-bond acceptors (Lipinski definition) is 7. The van der Waals surface area contributed by atoms with E-state index in [1.165, 1.54) is 12.1 Å². The minimum Gasteiger partial charge on any atom is -0.454 e. The van der Waals surface area contributed by atoms with Gasteiger partial charge in [0.1, 0.15) is 12.1 Å². The molecule has 0 saturated carbocycles. The van der Waals surface area contributed by atoms with Crippen LogP contribution in [0.2, 0.25) is 0 Å². The Hall–Kier alpha value is -4.08. The van der Waals surface area contributed by atoms with E-state index < -0.39 is 47.5 Å². The van der Waals surface area contributed by atoms with Crippen LogP contribution in [0.3, 0.4) is 0 Å². The van der Waals surface area contributed by atoms with Crippen molar-refractivity contribution in [2.24, 2.45) is 0 Å². The first kappa shape index (κ1) is 20.2. The normalized spacial score (nSPS) is 16.9. The van der Waals surface area contributed by atoms with Crippen LogP contribution in [0.5, 0.6) is 0 Å². The fraction of sp³-hybridized carbons (Fsp3) is 0.238. The zero-order valence-corrected chi connectivity index (χ0v) is 16.4. The summed E-state index contributed by atoms with van der Waals surface area (Å²) in [7, 11) is 0. The van der Waals surface area contributed by atoms with Gasteiger partial charge in [0.25, 0.3) is 23.4 Å². The van der Waals surface area contributed by atoms with Gasteiger partial charge in [0.2, 0.25) is 0 Å². The van der Waals surface area contributed by atoms with Crippen molar-refractivity contribution >= 4 is 35.1 Å². The third-order valence-corrected chi connectivity index (χ3v) is 5.29. The molecular formula is C21H17N3O7. The Morgan fingerprint density at radius 1 is 1.13 bits per heavy atom. The summed E-state index contributed by atoms with van der Waals surface area (Å²) in [6.07, 6.45) is 0.684. The van der Waals surface area contributed by atoms with E-state index in [1.54, 1.807) is 4.90 Å². The Kier molecular flexibility index (Phi) is 4.97. The lowest BCUT2D eigenvalue weighted by Crippen LogP contribution is -2.40. The number of nitro groups is 1. The minimum atomic E-state index is -0.967. The van der Waals surface area contributed by atoms with Crippen LogP contribution in [-0.2, 0) is 20.7 Å². The van der Waals surface area contributed by atoms with Crippen LogP contribution >= 0.6 is 0 Å². The average molecular weight is 423 g/mol. The number of para-hydroxylation sites is 1. The molecule has 4 rings (SSSR count). The molecule has 10 nitrogen and oxygen atoms in total. The van der Waals surface area contributed by atoms with Crippen molar-refractivity contribution in [2.75, 3.05) is 18.1 Å². The van der Waals surface area contributed by atoms with E-state index in [0.717, 1.165) is 17.3 Å². The molecule has 158 valence electrons. The number of hydrogen-bond donors (Lipinski definition) is 0. The SMILES string of the molecule is CC1Cc2ccccc2N1C(=O)COC(=O)CN1C(=O)c2cccc([N+](=O)[O-])c2C1=O. The highest BCUT2D eigenvalue weighted by atomic mass is 16.6. The van der Waals surface area contributed by atoms with E-state index in [4.69, 9.17) is 4.74 Å². The van der Waals surface area contributed by atoms with Crippen molar-refractivity contribution in [3.8, 4) is 0 Å². The molecule has 2 aliphatic rings. The maximum absolute atomic E-state index is 12.6. The van der Waals surface area contributed by atoms with Crippen molar-refractivity contribution in [3.05, 3.63) is 69.3 Å². The van der Waals surface area contributed by atoms with Gasteiger partial charge >= 0.3 is 5.97 Å². The highest BCUT2D eigenvalue weighted by molar-refractivity contribution is 6.24. The summed E-state index contributed by atoms with van der Waals surface area (Å²) in [5.41, 5.74) is 0.754. The number of benzene rings is 2. The Labute approximate surface area is 176 Å². The first-order valence-corrected chi connectivity index (χ1v) is 9.48. The van der Waals surface area contributed by atoms with E-state index in [2.05, 4.69) is 0 Å². The van der Waals surface area contributed by atoms with Gasteiger partial charge in [-0.15, -0.1) is 0 Å². The van der Waals surface area contributed by atoms with Crippen molar-refractivity contribution in [2.45, 2.75) is 19.4 Å². The number of nitrogens with zero attached hydrogens (tertiary/aromatic N) is 3. The third-order valence-electron chi connectivity index (χ3n) is 5.29. The standard InChI is InChI=1S/C21H17N3O7/c1-12-9-13-5-2-3-7-15(13)23(12)17(25)11-31-18(26)10-22-20(27)14-6-4-8-16(24(29)30)19(14)21(22)28/h2-8,12H,9-11H2,1H3. The molecule has 0 spiro atoms. The molecule has 2 aromatic carbocycles. The molecular weight excluding hydrogens is 406 g/mol. The van der Waals surface area contributed by atoms with Crippen molar-refractivity contribution in [1.29, 1.82) is 0 Å². The number of amides is 3. The lowest BCUT2D eigenvalue weighted by molar-refractivity contribution is -0.385. The Morgan fingerprint density at radius 3 is 2.61 bits per heavy atom. The third kappa shape index (κ3) is 3.41. The molecule has 31 heavy (non-hydrogen) atoms. The van der Waals surface area contributed by atoms with Gasteiger partial charge in [-0.05, 0) is 31.0 Å². The number of rotatable bonds is 5. The summed E-state index contributed by atoms with van der Waals surface area (Å²) >= 11 is 0. The van der Waals surface area contributed by atoms with E-state index in [-0.39, 0.29) is 17.2 Å². The molecule has 3 amide bonds. The van der Waals surface area contributed by atoms with Gasteiger partial charge in [-0.1, -0.05) is 24.3 Å². The van der Waals surface area contributed by atoms with Gasteiger partial charge in [-0.25, -0.2) is 0 Å². The summed E-state index contributed by atoms with van der Waals surface area (Å²) in [5.74, 6) is -3.17. The molecule has 0 radical (unpaired) electrons. The summed E-state index contributed by atoms with van der Waals surface area (Å²) in [4.78, 5) is 62.3. The number of anilines is 1. The van der Waals surface area contributed by atoms with Gasteiger partial charge in [-0.2, -0.15) is 0 Å². The number of carbonyl (C=O) groups is 4. The summed E-state index contributed by atoms with van der Waals surface area (Å²) in [6.45, 7) is 0.579. The monoisotopic (exact) mass is 423 g/mol. The second-order valence-electron chi connectivity index (χ2n) is 7.26. The van der Waals surface area contributed by atoms with E-state index >= 15 is 0 Å². The largest absolute Gasteiger partial charge is 0.454 e. The van der Waals surface area contributed by atoms with Gasteiger partial charge in [-0.3, -0.25) is 34.2 Å². The van der Waals surface area contributed by atoms with E-state index in [9.17, 15) is 29.3 Å². The van der Waals surface area contributed by atoms with Crippen LogP contribution in [0.4, 0.5) is 11.4 Å². The molecule has 0 aromatic heterocycles. The second kappa shape index (κ2) is 7.63. The van der Waals surface area contributed by atoms with Gasteiger partial charge in [0.15, 0.2) is 6.61 Å². The highest BCUT2D eigenvalue weighted by Crippen LogP contribution is 2.32. The summed E-state index contributed by atoms with van der Waals surface area (Å²) in [5, 5.41) is 11.1. The first-order valence-electron chi connectivity index (χ1n) is 9.48. The number of esters is 1. The van der Waals surface area contributed by atoms with Crippen LogP contribution in [0.25, 0.3) is 0 Å². The minimum absolute atomic E-state index is 0.0969. The average Bonchev–Trinajstić information content (AvgIpc) is 3.20. The van der Waals surface area contributed by atoms with Gasteiger partial charge < -0.3 is 9.64 Å². The molecule has 0 N–H and O–H groups in total. The quantitative estimate of drug-likeness (QED) is 0.310. The zero-order chi connectivity index (χ0) is 22.3. The zero-order valence-electron chi connectivity index (χ0n) is 16.4. The predicted octanol–water partition coefficient (Wildman–Crippen LogP) is 1.71. The molecule has 2 aromatic rings. The number of nitro benzene ring substituents is 1. The second-order valence-corrected chi connectivity index (χ2v) is 7.26. The lowest BCUT2D eigenvalue weighted by Gasteiger charge is -2.22. The number of imide groups is 1. The maximum Gasteiger partial charge on any atom is 0.326 e. The topological polar surface area (TPSA) is 127 Å². The Morgan fingerprint density at radius 2 is 1.87 bits per heavy atom. The molecule has 1 unspecified atom stereocenters. The Balaban J connectivity index is 1.41. The molecule has 2 heterocycles. The predicted molar refractivity (Wildman–Crippen MR) is 107 cm³/mol. The van der Waals surface area contributed by atoms with Crippen LogP contribution in [0.15, 0.2) is 42.5 Å². The summed E-state index contributed by atoms with van der Waals surface area (Å²) < 4.78 is 5.00. The van der Waals surface area contributed by atoms with E-state index in [0.29, 0.717) is 11.3 Å². The van der Waals surface area contributed by atoms with Crippen LogP contribution in [0, 0.1) is 10.1 Å². The molecule has 0 saturated heterocycles.